The van der Waals surface area contributed by atoms with Crippen molar-refractivity contribution in [2.45, 2.75) is 74.4 Å². The van der Waals surface area contributed by atoms with Gasteiger partial charge in [-0.15, -0.1) is 0 Å². The minimum atomic E-state index is -0.343. The van der Waals surface area contributed by atoms with E-state index in [0.717, 1.165) is 44.9 Å². The Hall–Kier alpha value is -2.60. The molecule has 1 N–H and O–H groups in total. The molecule has 0 bridgehead atoms. The number of para-hydroxylation sites is 1. The molecule has 1 amide bonds. The van der Waals surface area contributed by atoms with Crippen LogP contribution >= 0.6 is 11.8 Å². The third-order valence-electron chi connectivity index (χ3n) is 6.80. The molecule has 0 radical (unpaired) electrons. The maximum Gasteiger partial charge on any atom is 0.262 e. The minimum Gasteiger partial charge on any atom is -0.348 e. The molecule has 0 aliphatic heterocycles. The van der Waals surface area contributed by atoms with Crippen LogP contribution < -0.4 is 10.9 Å². The second kappa shape index (κ2) is 9.10. The largest absolute Gasteiger partial charge is 0.348 e. The van der Waals surface area contributed by atoms with Crippen LogP contribution in [0.3, 0.4) is 0 Å². The van der Waals surface area contributed by atoms with Gasteiger partial charge in [0, 0.05) is 6.04 Å². The summed E-state index contributed by atoms with van der Waals surface area (Å²) in [5.74, 6) is -0.00270. The molecule has 1 heterocycles. The molecule has 0 spiro atoms. The Morgan fingerprint density at radius 3 is 2.66 bits per heavy atom. The third kappa shape index (κ3) is 4.08. The molecule has 2 aromatic carbocycles. The summed E-state index contributed by atoms with van der Waals surface area (Å²) in [6, 6.07) is 16.1. The zero-order valence-electron chi connectivity index (χ0n) is 18.4. The van der Waals surface area contributed by atoms with E-state index in [1.807, 2.05) is 41.8 Å². The number of carbonyl (C=O) groups excluding carboxylic acids is 1. The lowest BCUT2D eigenvalue weighted by Crippen LogP contribution is -2.36. The van der Waals surface area contributed by atoms with Crippen LogP contribution in [0, 0.1) is 0 Å². The van der Waals surface area contributed by atoms with Gasteiger partial charge in [0.1, 0.15) is 0 Å². The number of thioether (sulfide) groups is 1. The van der Waals surface area contributed by atoms with Crippen LogP contribution in [0.1, 0.15) is 68.7 Å². The van der Waals surface area contributed by atoms with Crippen molar-refractivity contribution >= 4 is 28.6 Å². The van der Waals surface area contributed by atoms with Crippen molar-refractivity contribution in [2.75, 3.05) is 0 Å². The number of hydrogen-bond acceptors (Lipinski definition) is 4. The van der Waals surface area contributed by atoms with Gasteiger partial charge >= 0.3 is 0 Å². The van der Waals surface area contributed by atoms with Crippen molar-refractivity contribution < 1.29 is 4.79 Å². The molecule has 5 rings (SSSR count). The number of benzene rings is 2. The summed E-state index contributed by atoms with van der Waals surface area (Å²) in [4.78, 5) is 31.3. The van der Waals surface area contributed by atoms with Crippen molar-refractivity contribution in [3.63, 3.8) is 0 Å². The molecular weight excluding hydrogens is 418 g/mol. The minimum absolute atomic E-state index is 0.00270. The molecule has 1 aromatic heterocycles. The monoisotopic (exact) mass is 447 g/mol. The number of aromatic nitrogens is 2. The lowest BCUT2D eigenvalue weighted by molar-refractivity contribution is -0.121. The van der Waals surface area contributed by atoms with Crippen molar-refractivity contribution in [3.05, 3.63) is 70.0 Å². The van der Waals surface area contributed by atoms with Crippen LogP contribution in [-0.4, -0.2) is 20.7 Å². The predicted molar refractivity (Wildman–Crippen MR) is 129 cm³/mol. The Morgan fingerprint density at radius 2 is 1.81 bits per heavy atom. The molecule has 3 aromatic rings. The number of aryl methyl sites for hydroxylation is 1. The fourth-order valence-electron chi connectivity index (χ4n) is 5.10. The lowest BCUT2D eigenvalue weighted by Gasteiger charge is -2.27. The van der Waals surface area contributed by atoms with Crippen LogP contribution in [0.25, 0.3) is 10.9 Å². The molecule has 6 heteroatoms. The average molecular weight is 448 g/mol. The number of carbonyl (C=O) groups is 1. The maximum atomic E-state index is 13.4. The van der Waals surface area contributed by atoms with E-state index in [4.69, 9.17) is 4.98 Å². The molecule has 1 fully saturated rings. The topological polar surface area (TPSA) is 64.0 Å². The fraction of sp³-hybridized carbons (Fsp3) is 0.423. The number of amides is 1. The smallest absolute Gasteiger partial charge is 0.262 e. The van der Waals surface area contributed by atoms with Gasteiger partial charge in [-0.2, -0.15) is 0 Å². The highest BCUT2D eigenvalue weighted by Crippen LogP contribution is 2.34. The van der Waals surface area contributed by atoms with Gasteiger partial charge in [0.2, 0.25) is 5.91 Å². The summed E-state index contributed by atoms with van der Waals surface area (Å²) in [6.07, 6.45) is 7.36. The van der Waals surface area contributed by atoms with Gasteiger partial charge in [-0.3, -0.25) is 14.2 Å². The maximum absolute atomic E-state index is 13.4. The first-order valence-electron chi connectivity index (χ1n) is 11.7. The van der Waals surface area contributed by atoms with Crippen molar-refractivity contribution in [1.82, 2.24) is 14.9 Å². The molecule has 5 nitrogen and oxygen atoms in total. The summed E-state index contributed by atoms with van der Waals surface area (Å²) < 4.78 is 1.86. The molecule has 0 unspecified atom stereocenters. The number of hydrogen-bond donors (Lipinski definition) is 1. The molecule has 2 aliphatic rings. The van der Waals surface area contributed by atoms with Gasteiger partial charge in [0.15, 0.2) is 5.16 Å². The summed E-state index contributed by atoms with van der Waals surface area (Å²) in [5.41, 5.74) is 3.27. The standard InChI is InChI=1S/C26H29N3O2S/c1-17(24(30)27-22-16-8-10-18-9-2-5-13-20(18)22)32-26-28-23-15-7-6-14-21(23)25(31)29(26)19-11-3-4-12-19/h2,5-7,9,13-15,17,19,22H,3-4,8,10-12,16H2,1H3,(H,27,30)/t17-,22+/m0/s1. The number of nitrogens with zero attached hydrogens (tertiary/aromatic N) is 2. The summed E-state index contributed by atoms with van der Waals surface area (Å²) in [5, 5.41) is 4.23. The normalized spacial score (nSPS) is 19.6. The molecular formula is C26H29N3O2S. The molecule has 166 valence electrons. The quantitative estimate of drug-likeness (QED) is 0.432. The Bertz CT molecular complexity index is 1200. The number of rotatable bonds is 5. The Kier molecular flexibility index (Phi) is 6.05. The van der Waals surface area contributed by atoms with Crippen molar-refractivity contribution in [3.8, 4) is 0 Å². The second-order valence-electron chi connectivity index (χ2n) is 8.94. The van der Waals surface area contributed by atoms with Gasteiger partial charge in [0.05, 0.1) is 22.2 Å². The molecule has 2 atom stereocenters. The lowest BCUT2D eigenvalue weighted by atomic mass is 9.88. The Balaban J connectivity index is 1.41. The highest BCUT2D eigenvalue weighted by molar-refractivity contribution is 8.00. The number of nitrogens with one attached hydrogen (secondary N) is 1. The van der Waals surface area contributed by atoms with E-state index in [-0.39, 0.29) is 28.8 Å². The Labute approximate surface area is 192 Å². The van der Waals surface area contributed by atoms with Crippen LogP contribution in [0.4, 0.5) is 0 Å². The van der Waals surface area contributed by atoms with Crippen LogP contribution in [0.5, 0.6) is 0 Å². The van der Waals surface area contributed by atoms with E-state index in [9.17, 15) is 9.59 Å². The first kappa shape index (κ1) is 21.3. The van der Waals surface area contributed by atoms with E-state index in [2.05, 4.69) is 23.5 Å². The molecule has 1 saturated carbocycles. The van der Waals surface area contributed by atoms with Gasteiger partial charge in [-0.25, -0.2) is 4.98 Å². The van der Waals surface area contributed by atoms with Crippen molar-refractivity contribution in [1.29, 1.82) is 0 Å². The van der Waals surface area contributed by atoms with Gasteiger partial charge in [-0.05, 0) is 62.3 Å². The third-order valence-corrected chi connectivity index (χ3v) is 7.87. The highest BCUT2D eigenvalue weighted by Gasteiger charge is 2.27. The van der Waals surface area contributed by atoms with E-state index in [1.165, 1.54) is 22.9 Å². The molecule has 32 heavy (non-hydrogen) atoms. The van der Waals surface area contributed by atoms with Gasteiger partial charge in [0.25, 0.3) is 5.56 Å². The SMILES string of the molecule is C[C@H](Sc1nc2ccccc2c(=O)n1C1CCCC1)C(=O)N[C@@H]1CCCc2ccccc21. The first-order valence-corrected chi connectivity index (χ1v) is 12.6. The predicted octanol–water partition coefficient (Wildman–Crippen LogP) is 5.19. The van der Waals surface area contributed by atoms with E-state index in [0.29, 0.717) is 16.1 Å². The Morgan fingerprint density at radius 1 is 1.06 bits per heavy atom. The van der Waals surface area contributed by atoms with Crippen LogP contribution in [-0.2, 0) is 11.2 Å². The zero-order valence-corrected chi connectivity index (χ0v) is 19.2. The molecule has 2 aliphatic carbocycles. The van der Waals surface area contributed by atoms with Gasteiger partial charge in [-0.1, -0.05) is 61.0 Å². The van der Waals surface area contributed by atoms with Crippen molar-refractivity contribution in [2.24, 2.45) is 0 Å². The van der Waals surface area contributed by atoms with E-state index < -0.39 is 0 Å². The van der Waals surface area contributed by atoms with E-state index in [1.54, 1.807) is 0 Å². The fourth-order valence-corrected chi connectivity index (χ4v) is 6.09. The molecule has 0 saturated heterocycles. The average Bonchev–Trinajstić information content (AvgIpc) is 3.34. The second-order valence-corrected chi connectivity index (χ2v) is 10.2. The summed E-state index contributed by atoms with van der Waals surface area (Å²) in [7, 11) is 0. The number of fused-ring (bicyclic) bond motifs is 2. The van der Waals surface area contributed by atoms with Crippen LogP contribution in [0.15, 0.2) is 58.5 Å². The van der Waals surface area contributed by atoms with Crippen LogP contribution in [0.2, 0.25) is 0 Å². The zero-order chi connectivity index (χ0) is 22.1. The summed E-state index contributed by atoms with van der Waals surface area (Å²) >= 11 is 1.40. The van der Waals surface area contributed by atoms with Gasteiger partial charge < -0.3 is 5.32 Å². The first-order chi connectivity index (χ1) is 15.6. The van der Waals surface area contributed by atoms with E-state index >= 15 is 0 Å². The summed E-state index contributed by atoms with van der Waals surface area (Å²) in [6.45, 7) is 1.91. The highest BCUT2D eigenvalue weighted by atomic mass is 32.2.